The number of carbonyl (C=O) groups excluding carboxylic acids is 3. The number of aromatic nitrogens is 2. The molecule has 0 bridgehead atoms. The lowest BCUT2D eigenvalue weighted by Gasteiger charge is -2.29. The first kappa shape index (κ1) is 24.3. The average molecular weight is 506 g/mol. The zero-order valence-corrected chi connectivity index (χ0v) is 18.8. The summed E-state index contributed by atoms with van der Waals surface area (Å²) >= 11 is 0. The molecule has 3 aromatic rings. The minimum Gasteiger partial charge on any atom is -0.399 e. The molecule has 182 valence electrons. The van der Waals surface area contributed by atoms with E-state index in [2.05, 4.69) is 10.3 Å². The number of nitrogens with zero attached hydrogens (tertiary/aromatic N) is 3. The molecule has 8 nitrogen and oxygen atoms in total. The second-order valence-corrected chi connectivity index (χ2v) is 8.18. The van der Waals surface area contributed by atoms with Crippen molar-refractivity contribution in [2.45, 2.75) is 31.6 Å². The van der Waals surface area contributed by atoms with Crippen molar-refractivity contribution in [3.8, 4) is 17.1 Å². The summed E-state index contributed by atoms with van der Waals surface area (Å²) < 4.78 is 41.7. The largest absolute Gasteiger partial charge is 0.434 e. The van der Waals surface area contributed by atoms with Gasteiger partial charge in [-0.25, -0.2) is 4.98 Å². The Labute approximate surface area is 203 Å². The van der Waals surface area contributed by atoms with E-state index < -0.39 is 23.8 Å². The lowest BCUT2D eigenvalue weighted by molar-refractivity contribution is -0.141. The minimum absolute atomic E-state index is 0. The Morgan fingerprint density at radius 2 is 1.86 bits per heavy atom. The van der Waals surface area contributed by atoms with Crippen molar-refractivity contribution in [3.63, 3.8) is 0 Å². The predicted octanol–water partition coefficient (Wildman–Crippen LogP) is 3.32. The maximum atomic E-state index is 13.5. The van der Waals surface area contributed by atoms with E-state index in [4.69, 9.17) is 5.73 Å². The quantitative estimate of drug-likeness (QED) is 0.419. The SMILES string of the molecule is Cl.Nc1cccc(-n2cc(C(F)(F)F)nc2-c2ccc3c(c2)CN(C2CCC(=O)NC2=O)C3=O)c1. The van der Waals surface area contributed by atoms with Gasteiger partial charge < -0.3 is 10.6 Å². The van der Waals surface area contributed by atoms with Crippen molar-refractivity contribution in [3.05, 3.63) is 65.5 Å². The van der Waals surface area contributed by atoms with E-state index in [0.29, 0.717) is 28.1 Å². The van der Waals surface area contributed by atoms with Gasteiger partial charge in [0.15, 0.2) is 5.69 Å². The molecule has 2 aromatic carbocycles. The maximum Gasteiger partial charge on any atom is 0.434 e. The zero-order chi connectivity index (χ0) is 24.2. The van der Waals surface area contributed by atoms with E-state index in [0.717, 1.165) is 6.20 Å². The second kappa shape index (κ2) is 8.73. The van der Waals surface area contributed by atoms with Crippen LogP contribution in [-0.2, 0) is 22.3 Å². The maximum absolute atomic E-state index is 13.5. The van der Waals surface area contributed by atoms with Crippen LogP contribution in [0.25, 0.3) is 17.1 Å². The lowest BCUT2D eigenvalue weighted by atomic mass is 10.0. The Hall–Kier alpha value is -3.86. The Bertz CT molecular complexity index is 1350. The molecule has 5 rings (SSSR count). The number of rotatable bonds is 3. The Kier molecular flexibility index (Phi) is 6.05. The highest BCUT2D eigenvalue weighted by Gasteiger charge is 2.39. The number of nitrogens with one attached hydrogen (secondary N) is 1. The summed E-state index contributed by atoms with van der Waals surface area (Å²) in [5.74, 6) is -1.26. The molecule has 3 N–H and O–H groups in total. The van der Waals surface area contributed by atoms with Gasteiger partial charge in [0.2, 0.25) is 11.8 Å². The van der Waals surface area contributed by atoms with Crippen LogP contribution in [0.5, 0.6) is 0 Å². The number of imidazole rings is 1. The van der Waals surface area contributed by atoms with Crippen molar-refractivity contribution in [1.82, 2.24) is 19.8 Å². The molecule has 35 heavy (non-hydrogen) atoms. The number of nitrogens with two attached hydrogens (primary N) is 1. The average Bonchev–Trinajstić information content (AvgIpc) is 3.36. The van der Waals surface area contributed by atoms with Gasteiger partial charge in [0.25, 0.3) is 5.91 Å². The Balaban J connectivity index is 0.00000289. The molecule has 3 amide bonds. The van der Waals surface area contributed by atoms with E-state index in [1.165, 1.54) is 27.7 Å². The molecule has 1 fully saturated rings. The molecule has 0 radical (unpaired) electrons. The summed E-state index contributed by atoms with van der Waals surface area (Å²) in [6, 6.07) is 10.3. The van der Waals surface area contributed by atoms with Crippen molar-refractivity contribution >= 4 is 35.8 Å². The first-order chi connectivity index (χ1) is 16.1. The van der Waals surface area contributed by atoms with Gasteiger partial charge in [0, 0.05) is 41.7 Å². The monoisotopic (exact) mass is 505 g/mol. The van der Waals surface area contributed by atoms with E-state index in [1.54, 1.807) is 24.3 Å². The summed E-state index contributed by atoms with van der Waals surface area (Å²) in [4.78, 5) is 41.8. The van der Waals surface area contributed by atoms with Crippen LogP contribution in [0.2, 0.25) is 0 Å². The third-order valence-electron chi connectivity index (χ3n) is 5.93. The van der Waals surface area contributed by atoms with Gasteiger partial charge in [-0.05, 0) is 42.3 Å². The van der Waals surface area contributed by atoms with Gasteiger partial charge >= 0.3 is 6.18 Å². The van der Waals surface area contributed by atoms with E-state index in [-0.39, 0.29) is 49.4 Å². The van der Waals surface area contributed by atoms with Gasteiger partial charge in [-0.15, -0.1) is 12.4 Å². The number of hydrogen-bond acceptors (Lipinski definition) is 5. The number of hydrogen-bond donors (Lipinski definition) is 2. The van der Waals surface area contributed by atoms with Crippen LogP contribution < -0.4 is 11.1 Å². The van der Waals surface area contributed by atoms with Crippen LogP contribution >= 0.6 is 12.4 Å². The first-order valence-electron chi connectivity index (χ1n) is 10.4. The Morgan fingerprint density at radius 3 is 2.54 bits per heavy atom. The molecule has 1 unspecified atom stereocenters. The molecule has 2 aliphatic rings. The zero-order valence-electron chi connectivity index (χ0n) is 18.0. The second-order valence-electron chi connectivity index (χ2n) is 8.18. The van der Waals surface area contributed by atoms with Gasteiger partial charge in [-0.2, -0.15) is 13.2 Å². The molecule has 2 aliphatic heterocycles. The normalized spacial score (nSPS) is 17.7. The number of nitrogen functional groups attached to an aromatic ring is 1. The predicted molar refractivity (Wildman–Crippen MR) is 122 cm³/mol. The van der Waals surface area contributed by atoms with Crippen LogP contribution in [-0.4, -0.2) is 38.2 Å². The third-order valence-corrected chi connectivity index (χ3v) is 5.93. The number of fused-ring (bicyclic) bond motifs is 1. The topological polar surface area (TPSA) is 110 Å². The summed E-state index contributed by atoms with van der Waals surface area (Å²) in [5.41, 5.74) is 6.82. The molecule has 1 saturated heterocycles. The summed E-state index contributed by atoms with van der Waals surface area (Å²) in [5, 5.41) is 2.24. The number of carbonyl (C=O) groups is 3. The summed E-state index contributed by atoms with van der Waals surface area (Å²) in [6.07, 6.45) is -3.42. The number of amides is 3. The van der Waals surface area contributed by atoms with Crippen LogP contribution in [0.1, 0.15) is 34.5 Å². The van der Waals surface area contributed by atoms with E-state index in [9.17, 15) is 27.6 Å². The third kappa shape index (κ3) is 4.34. The highest BCUT2D eigenvalue weighted by molar-refractivity contribution is 6.05. The summed E-state index contributed by atoms with van der Waals surface area (Å²) in [7, 11) is 0. The fourth-order valence-corrected chi connectivity index (χ4v) is 4.31. The molecular weight excluding hydrogens is 487 g/mol. The number of alkyl halides is 3. The van der Waals surface area contributed by atoms with Crippen LogP contribution in [0.4, 0.5) is 18.9 Å². The van der Waals surface area contributed by atoms with Crippen molar-refractivity contribution in [2.24, 2.45) is 0 Å². The standard InChI is InChI=1S/C23H18F3N5O3.ClH/c24-23(25,26)18-11-30(15-3-1-2-14(27)9-15)20(28-18)12-4-5-16-13(8-12)10-31(22(16)34)17-6-7-19(32)29-21(17)33;/h1-5,8-9,11,17H,6-7,10,27H2,(H,29,32,33);1H. The van der Waals surface area contributed by atoms with E-state index in [1.807, 2.05) is 0 Å². The van der Waals surface area contributed by atoms with Crippen LogP contribution in [0.3, 0.4) is 0 Å². The van der Waals surface area contributed by atoms with Crippen LogP contribution in [0.15, 0.2) is 48.7 Å². The lowest BCUT2D eigenvalue weighted by Crippen LogP contribution is -2.52. The number of piperidine rings is 1. The van der Waals surface area contributed by atoms with E-state index >= 15 is 0 Å². The number of benzene rings is 2. The molecular formula is C23H19ClF3N5O3. The van der Waals surface area contributed by atoms with Gasteiger partial charge in [-0.3, -0.25) is 24.3 Å². The highest BCUT2D eigenvalue weighted by atomic mass is 35.5. The number of halogens is 4. The smallest absolute Gasteiger partial charge is 0.399 e. The highest BCUT2D eigenvalue weighted by Crippen LogP contribution is 2.35. The van der Waals surface area contributed by atoms with Crippen molar-refractivity contribution < 1.29 is 27.6 Å². The molecule has 3 heterocycles. The Morgan fingerprint density at radius 1 is 1.09 bits per heavy atom. The fraction of sp³-hybridized carbons (Fsp3) is 0.217. The first-order valence-corrected chi connectivity index (χ1v) is 10.4. The van der Waals surface area contributed by atoms with Crippen molar-refractivity contribution in [1.29, 1.82) is 0 Å². The summed E-state index contributed by atoms with van der Waals surface area (Å²) in [6.45, 7) is 0.0966. The molecule has 0 saturated carbocycles. The fourth-order valence-electron chi connectivity index (χ4n) is 4.31. The van der Waals surface area contributed by atoms with Crippen molar-refractivity contribution in [2.75, 3.05) is 5.73 Å². The molecule has 12 heteroatoms. The van der Waals surface area contributed by atoms with Gasteiger partial charge in [0.05, 0.1) is 0 Å². The minimum atomic E-state index is -4.66. The molecule has 1 atom stereocenters. The molecule has 1 aromatic heterocycles. The van der Waals surface area contributed by atoms with Gasteiger partial charge in [-0.1, -0.05) is 12.1 Å². The molecule has 0 aliphatic carbocycles. The van der Waals surface area contributed by atoms with Crippen LogP contribution in [0, 0.1) is 0 Å². The molecule has 0 spiro atoms. The number of imide groups is 1. The van der Waals surface area contributed by atoms with Gasteiger partial charge in [0.1, 0.15) is 11.9 Å². The number of anilines is 1.